The molecule has 1 atom stereocenters. The Labute approximate surface area is 114 Å². The molecule has 0 fully saturated rings. The normalized spacial score (nSPS) is 28.4. The summed E-state index contributed by atoms with van der Waals surface area (Å²) in [5.74, 6) is 0. The maximum absolute atomic E-state index is 3.69. The second kappa shape index (κ2) is 4.38. The fraction of sp³-hybridized carbons (Fsp3) is 0.529. The van der Waals surface area contributed by atoms with Crippen molar-refractivity contribution in [3.05, 3.63) is 45.2 Å². The largest absolute Gasteiger partial charge is 0.0771 e. The molecule has 0 aromatic carbocycles. The Morgan fingerprint density at radius 1 is 1.11 bits per heavy atom. The second-order valence-corrected chi connectivity index (χ2v) is 9.32. The average molecular weight is 257 g/mol. The molecule has 0 aromatic rings. The summed E-state index contributed by atoms with van der Waals surface area (Å²) in [7, 11) is -0.685. The molecule has 0 heterocycles. The SMILES string of the molecule is CC1=CC(C)(C2=[C]CC([SiH](C)C)=C2C)C(C)=C1C. The lowest BCUT2D eigenvalue weighted by Gasteiger charge is -2.28. The van der Waals surface area contributed by atoms with Gasteiger partial charge in [-0.1, -0.05) is 41.1 Å². The predicted molar refractivity (Wildman–Crippen MR) is 83.2 cm³/mol. The van der Waals surface area contributed by atoms with E-state index in [-0.39, 0.29) is 5.41 Å². The Balaban J connectivity index is 2.48. The molecule has 2 rings (SSSR count). The molecule has 0 amide bonds. The maximum atomic E-state index is 3.69. The maximum Gasteiger partial charge on any atom is 0.0603 e. The van der Waals surface area contributed by atoms with Gasteiger partial charge in [0.15, 0.2) is 0 Å². The molecule has 0 aliphatic heterocycles. The van der Waals surface area contributed by atoms with Gasteiger partial charge in [0.1, 0.15) is 0 Å². The Morgan fingerprint density at radius 3 is 2.11 bits per heavy atom. The fourth-order valence-electron chi connectivity index (χ4n) is 3.41. The van der Waals surface area contributed by atoms with Crippen LogP contribution in [-0.4, -0.2) is 8.80 Å². The number of allylic oxidation sites excluding steroid dienone is 8. The summed E-state index contributed by atoms with van der Waals surface area (Å²) in [5.41, 5.74) is 7.50. The van der Waals surface area contributed by atoms with Crippen LogP contribution in [0.2, 0.25) is 13.1 Å². The van der Waals surface area contributed by atoms with Gasteiger partial charge in [0.05, 0.1) is 8.80 Å². The predicted octanol–water partition coefficient (Wildman–Crippen LogP) is 4.76. The molecule has 1 radical (unpaired) electrons. The number of hydrogen-bond acceptors (Lipinski definition) is 0. The summed E-state index contributed by atoms with van der Waals surface area (Å²) in [5, 5.41) is 1.70. The van der Waals surface area contributed by atoms with Gasteiger partial charge in [-0.05, 0) is 58.3 Å². The summed E-state index contributed by atoms with van der Waals surface area (Å²) in [6.07, 6.45) is 7.21. The van der Waals surface area contributed by atoms with E-state index >= 15 is 0 Å². The summed E-state index contributed by atoms with van der Waals surface area (Å²) < 4.78 is 0. The lowest BCUT2D eigenvalue weighted by molar-refractivity contribution is 0.629. The van der Waals surface area contributed by atoms with Crippen molar-refractivity contribution >= 4 is 8.80 Å². The third-order valence-electron chi connectivity index (χ3n) is 4.97. The van der Waals surface area contributed by atoms with Gasteiger partial charge >= 0.3 is 0 Å². The van der Waals surface area contributed by atoms with Crippen LogP contribution in [0.15, 0.2) is 39.1 Å². The Hall–Kier alpha value is -0.823. The molecule has 0 bridgehead atoms. The van der Waals surface area contributed by atoms with Crippen molar-refractivity contribution in [3.63, 3.8) is 0 Å². The molecular weight excluding hydrogens is 232 g/mol. The minimum atomic E-state index is -0.685. The summed E-state index contributed by atoms with van der Waals surface area (Å²) in [4.78, 5) is 0. The first-order chi connectivity index (χ1) is 8.29. The van der Waals surface area contributed by atoms with Crippen molar-refractivity contribution in [2.24, 2.45) is 5.41 Å². The molecule has 0 saturated carbocycles. The highest BCUT2D eigenvalue weighted by molar-refractivity contribution is 6.64. The van der Waals surface area contributed by atoms with Gasteiger partial charge in [0.2, 0.25) is 0 Å². The fourth-order valence-corrected chi connectivity index (χ4v) is 4.93. The first kappa shape index (κ1) is 13.6. The minimum absolute atomic E-state index is 0.100. The smallest absolute Gasteiger partial charge is 0.0603 e. The molecule has 1 unspecified atom stereocenters. The van der Waals surface area contributed by atoms with Crippen LogP contribution in [0.25, 0.3) is 0 Å². The van der Waals surface area contributed by atoms with Gasteiger partial charge in [-0.3, -0.25) is 0 Å². The summed E-state index contributed by atoms with van der Waals surface area (Å²) in [6, 6.07) is 0. The van der Waals surface area contributed by atoms with Gasteiger partial charge in [-0.25, -0.2) is 0 Å². The molecule has 0 aromatic heterocycles. The number of hydrogen-bond donors (Lipinski definition) is 0. The average Bonchev–Trinajstić information content (AvgIpc) is 2.76. The van der Waals surface area contributed by atoms with Crippen LogP contribution in [0.5, 0.6) is 0 Å². The lowest BCUT2D eigenvalue weighted by Crippen LogP contribution is -2.17. The van der Waals surface area contributed by atoms with E-state index in [4.69, 9.17) is 0 Å². The third-order valence-corrected chi connectivity index (χ3v) is 7.00. The van der Waals surface area contributed by atoms with E-state index in [0.29, 0.717) is 0 Å². The monoisotopic (exact) mass is 257 g/mol. The number of rotatable bonds is 2. The van der Waals surface area contributed by atoms with Crippen LogP contribution < -0.4 is 0 Å². The summed E-state index contributed by atoms with van der Waals surface area (Å²) >= 11 is 0. The van der Waals surface area contributed by atoms with Crippen LogP contribution >= 0.6 is 0 Å². The van der Waals surface area contributed by atoms with E-state index in [1.807, 2.05) is 0 Å². The minimum Gasteiger partial charge on any atom is -0.0771 e. The second-order valence-electron chi connectivity index (χ2n) is 6.31. The Kier molecular flexibility index (Phi) is 3.31. The van der Waals surface area contributed by atoms with Crippen LogP contribution in [0.3, 0.4) is 0 Å². The van der Waals surface area contributed by atoms with Crippen LogP contribution in [0.1, 0.15) is 41.0 Å². The van der Waals surface area contributed by atoms with E-state index in [0.717, 1.165) is 6.42 Å². The zero-order valence-electron chi connectivity index (χ0n) is 12.9. The van der Waals surface area contributed by atoms with Crippen molar-refractivity contribution < 1.29 is 0 Å². The van der Waals surface area contributed by atoms with E-state index < -0.39 is 8.80 Å². The highest BCUT2D eigenvalue weighted by Crippen LogP contribution is 2.50. The highest BCUT2D eigenvalue weighted by atomic mass is 28.3. The first-order valence-electron chi connectivity index (χ1n) is 6.98. The highest BCUT2D eigenvalue weighted by Gasteiger charge is 2.37. The van der Waals surface area contributed by atoms with E-state index in [1.54, 1.807) is 5.20 Å². The van der Waals surface area contributed by atoms with Gasteiger partial charge in [0.25, 0.3) is 0 Å². The standard InChI is InChI=1S/C17H25Si/c1-11-10-17(5,14(4)12(11)2)15-8-9-16(13(15)3)18(6)7/h10,18H,9H2,1-7H3. The molecule has 1 heteroatoms. The van der Waals surface area contributed by atoms with Crippen LogP contribution in [-0.2, 0) is 0 Å². The Morgan fingerprint density at radius 2 is 1.72 bits per heavy atom. The summed E-state index contributed by atoms with van der Waals surface area (Å²) in [6.45, 7) is 16.3. The van der Waals surface area contributed by atoms with Crippen molar-refractivity contribution in [2.45, 2.75) is 54.1 Å². The van der Waals surface area contributed by atoms with Crippen LogP contribution in [0, 0.1) is 11.5 Å². The molecule has 0 spiro atoms. The van der Waals surface area contributed by atoms with E-state index in [9.17, 15) is 0 Å². The molecule has 18 heavy (non-hydrogen) atoms. The van der Waals surface area contributed by atoms with Crippen molar-refractivity contribution in [3.8, 4) is 0 Å². The molecule has 0 N–H and O–H groups in total. The van der Waals surface area contributed by atoms with Crippen LogP contribution in [0.4, 0.5) is 0 Å². The molecule has 2 aliphatic carbocycles. The topological polar surface area (TPSA) is 0 Å². The third kappa shape index (κ3) is 1.80. The van der Waals surface area contributed by atoms with Crippen molar-refractivity contribution in [1.82, 2.24) is 0 Å². The lowest BCUT2D eigenvalue weighted by atomic mass is 9.76. The van der Waals surface area contributed by atoms with Gasteiger partial charge in [0, 0.05) is 5.41 Å². The Bertz CT molecular complexity index is 512. The van der Waals surface area contributed by atoms with Gasteiger partial charge in [-0.15, -0.1) is 0 Å². The van der Waals surface area contributed by atoms with Gasteiger partial charge in [-0.2, -0.15) is 0 Å². The molecule has 2 aliphatic rings. The van der Waals surface area contributed by atoms with Crippen molar-refractivity contribution in [2.75, 3.05) is 0 Å². The molecule has 97 valence electrons. The van der Waals surface area contributed by atoms with E-state index in [2.05, 4.69) is 59.9 Å². The molecule has 0 saturated heterocycles. The molecule has 0 nitrogen and oxygen atoms in total. The quantitative estimate of drug-likeness (QED) is 0.625. The molecular formula is C17H25Si. The first-order valence-corrected chi connectivity index (χ1v) is 9.86. The van der Waals surface area contributed by atoms with E-state index in [1.165, 1.54) is 27.9 Å². The van der Waals surface area contributed by atoms with Gasteiger partial charge < -0.3 is 0 Å². The zero-order valence-corrected chi connectivity index (χ0v) is 14.0. The zero-order chi connectivity index (χ0) is 13.7. The van der Waals surface area contributed by atoms with Crippen molar-refractivity contribution in [1.29, 1.82) is 0 Å².